The van der Waals surface area contributed by atoms with E-state index in [4.69, 9.17) is 5.11 Å². The van der Waals surface area contributed by atoms with Crippen molar-refractivity contribution in [3.63, 3.8) is 0 Å². The van der Waals surface area contributed by atoms with E-state index in [0.717, 1.165) is 32.1 Å². The first-order valence-electron chi connectivity index (χ1n) is 6.52. The molecule has 0 heterocycles. The lowest BCUT2D eigenvalue weighted by Gasteiger charge is -2.41. The number of aliphatic carboxylic acids is 1. The van der Waals surface area contributed by atoms with E-state index in [-0.39, 0.29) is 23.7 Å². The summed E-state index contributed by atoms with van der Waals surface area (Å²) in [7, 11) is 0. The van der Waals surface area contributed by atoms with E-state index in [0.29, 0.717) is 12.5 Å². The summed E-state index contributed by atoms with van der Waals surface area (Å²) in [6.45, 7) is 2.51. The second-order valence-corrected chi connectivity index (χ2v) is 5.77. The Bertz CT molecular complexity index is 319. The van der Waals surface area contributed by atoms with Crippen molar-refractivity contribution in [1.29, 1.82) is 0 Å². The van der Waals surface area contributed by atoms with Crippen molar-refractivity contribution in [1.82, 2.24) is 5.32 Å². The molecular weight excluding hydrogens is 218 g/mol. The first-order chi connectivity index (χ1) is 8.02. The van der Waals surface area contributed by atoms with Crippen molar-refractivity contribution < 1.29 is 14.7 Å². The van der Waals surface area contributed by atoms with Gasteiger partial charge in [-0.15, -0.1) is 0 Å². The van der Waals surface area contributed by atoms with Crippen molar-refractivity contribution in [2.45, 2.75) is 45.4 Å². The number of carboxylic acid groups (broad SMARTS) is 1. The zero-order valence-corrected chi connectivity index (χ0v) is 10.4. The number of rotatable bonds is 6. The lowest BCUT2D eigenvalue weighted by Crippen LogP contribution is -2.45. The molecule has 4 heteroatoms. The topological polar surface area (TPSA) is 66.4 Å². The van der Waals surface area contributed by atoms with Gasteiger partial charge in [0, 0.05) is 12.5 Å². The third-order valence-electron chi connectivity index (χ3n) is 4.32. The average molecular weight is 239 g/mol. The largest absolute Gasteiger partial charge is 0.481 e. The summed E-state index contributed by atoms with van der Waals surface area (Å²) in [5.74, 6) is 0.00197. The molecule has 1 amide bonds. The van der Waals surface area contributed by atoms with Crippen molar-refractivity contribution >= 4 is 11.9 Å². The van der Waals surface area contributed by atoms with Gasteiger partial charge in [-0.1, -0.05) is 13.3 Å². The van der Waals surface area contributed by atoms with Gasteiger partial charge < -0.3 is 10.4 Å². The van der Waals surface area contributed by atoms with Gasteiger partial charge in [0.2, 0.25) is 5.91 Å². The van der Waals surface area contributed by atoms with Crippen LogP contribution in [0.15, 0.2) is 0 Å². The summed E-state index contributed by atoms with van der Waals surface area (Å²) in [6.07, 6.45) is 5.45. The zero-order chi connectivity index (χ0) is 12.5. The molecule has 0 aliphatic heterocycles. The minimum Gasteiger partial charge on any atom is -0.481 e. The van der Waals surface area contributed by atoms with Gasteiger partial charge in [0.25, 0.3) is 0 Å². The maximum atomic E-state index is 11.8. The molecule has 2 aliphatic carbocycles. The molecule has 0 aromatic rings. The predicted octanol–water partition coefficient (Wildman–Crippen LogP) is 1.79. The fraction of sp³-hybridized carbons (Fsp3) is 0.846. The third-order valence-corrected chi connectivity index (χ3v) is 4.32. The quantitative estimate of drug-likeness (QED) is 0.742. The summed E-state index contributed by atoms with van der Waals surface area (Å²) >= 11 is 0. The molecule has 2 saturated carbocycles. The highest BCUT2D eigenvalue weighted by Crippen LogP contribution is 2.43. The Morgan fingerprint density at radius 1 is 1.41 bits per heavy atom. The van der Waals surface area contributed by atoms with Crippen LogP contribution in [-0.4, -0.2) is 23.5 Å². The van der Waals surface area contributed by atoms with E-state index in [1.807, 2.05) is 6.92 Å². The van der Waals surface area contributed by atoms with Crippen LogP contribution in [0.25, 0.3) is 0 Å². The molecule has 2 fully saturated rings. The maximum absolute atomic E-state index is 11.8. The van der Waals surface area contributed by atoms with E-state index in [1.165, 1.54) is 0 Å². The highest BCUT2D eigenvalue weighted by molar-refractivity contribution is 5.79. The summed E-state index contributed by atoms with van der Waals surface area (Å²) in [5.41, 5.74) is -0.162. The minimum absolute atomic E-state index is 0.0944. The Hall–Kier alpha value is -1.06. The Labute approximate surface area is 102 Å². The van der Waals surface area contributed by atoms with Crippen molar-refractivity contribution in [2.75, 3.05) is 6.54 Å². The molecule has 17 heavy (non-hydrogen) atoms. The molecule has 0 radical (unpaired) electrons. The second kappa shape index (κ2) is 4.67. The number of amides is 1. The van der Waals surface area contributed by atoms with E-state index in [9.17, 15) is 9.59 Å². The average Bonchev–Trinajstić information content (AvgIpc) is 3.03. The van der Waals surface area contributed by atoms with Crippen LogP contribution in [0.4, 0.5) is 0 Å². The molecule has 2 aliphatic rings. The summed E-state index contributed by atoms with van der Waals surface area (Å²) < 4.78 is 0. The Morgan fingerprint density at radius 2 is 2.06 bits per heavy atom. The van der Waals surface area contributed by atoms with Crippen molar-refractivity contribution in [3.8, 4) is 0 Å². The number of nitrogens with one attached hydrogen (secondary N) is 1. The maximum Gasteiger partial charge on any atom is 0.303 e. The van der Waals surface area contributed by atoms with Gasteiger partial charge in [0.05, 0.1) is 6.42 Å². The standard InChI is InChI=1S/C13H21NO3/c1-9(10-3-4-10)12(17)14-8-13(5-2-6-13)7-11(15)16/h9-10H,2-8H2,1H3,(H,14,17)(H,15,16). The number of hydrogen-bond acceptors (Lipinski definition) is 2. The molecular formula is C13H21NO3. The first-order valence-corrected chi connectivity index (χ1v) is 6.52. The molecule has 0 saturated heterocycles. The van der Waals surface area contributed by atoms with Crippen LogP contribution in [0, 0.1) is 17.3 Å². The van der Waals surface area contributed by atoms with Gasteiger partial charge in [-0.25, -0.2) is 0 Å². The monoisotopic (exact) mass is 239 g/mol. The zero-order valence-electron chi connectivity index (χ0n) is 10.4. The number of carboxylic acids is 1. The van der Waals surface area contributed by atoms with Gasteiger partial charge in [-0.3, -0.25) is 9.59 Å². The second-order valence-electron chi connectivity index (χ2n) is 5.77. The van der Waals surface area contributed by atoms with E-state index in [2.05, 4.69) is 5.32 Å². The SMILES string of the molecule is CC(C(=O)NCC1(CC(=O)O)CCC1)C1CC1. The van der Waals surface area contributed by atoms with Crippen LogP contribution in [0.5, 0.6) is 0 Å². The molecule has 1 unspecified atom stereocenters. The first kappa shape index (κ1) is 12.4. The molecule has 96 valence electrons. The van der Waals surface area contributed by atoms with Gasteiger partial charge in [-0.05, 0) is 37.0 Å². The van der Waals surface area contributed by atoms with E-state index < -0.39 is 5.97 Å². The van der Waals surface area contributed by atoms with Gasteiger partial charge >= 0.3 is 5.97 Å². The smallest absolute Gasteiger partial charge is 0.303 e. The van der Waals surface area contributed by atoms with Crippen LogP contribution in [0.2, 0.25) is 0 Å². The lowest BCUT2D eigenvalue weighted by molar-refractivity contribution is -0.142. The summed E-state index contributed by atoms with van der Waals surface area (Å²) in [5, 5.41) is 11.8. The Kier molecular flexibility index (Phi) is 3.40. The van der Waals surface area contributed by atoms with Gasteiger partial charge in [-0.2, -0.15) is 0 Å². The summed E-state index contributed by atoms with van der Waals surface area (Å²) in [4.78, 5) is 22.6. The van der Waals surface area contributed by atoms with E-state index in [1.54, 1.807) is 0 Å². The van der Waals surface area contributed by atoms with Crippen molar-refractivity contribution in [2.24, 2.45) is 17.3 Å². The Balaban J connectivity index is 1.79. The molecule has 0 aromatic heterocycles. The molecule has 1 atom stereocenters. The molecule has 0 aromatic carbocycles. The number of carbonyl (C=O) groups is 2. The highest BCUT2D eigenvalue weighted by atomic mass is 16.4. The van der Waals surface area contributed by atoms with Crippen LogP contribution < -0.4 is 5.32 Å². The molecule has 2 rings (SSSR count). The molecule has 0 spiro atoms. The normalized spacial score (nSPS) is 23.6. The fourth-order valence-corrected chi connectivity index (χ4v) is 2.66. The third kappa shape index (κ3) is 2.99. The van der Waals surface area contributed by atoms with Gasteiger partial charge in [0.1, 0.15) is 0 Å². The highest BCUT2D eigenvalue weighted by Gasteiger charge is 2.40. The minimum atomic E-state index is -0.755. The van der Waals surface area contributed by atoms with Crippen molar-refractivity contribution in [3.05, 3.63) is 0 Å². The summed E-state index contributed by atoms with van der Waals surface area (Å²) in [6, 6.07) is 0. The fourth-order valence-electron chi connectivity index (χ4n) is 2.66. The predicted molar refractivity (Wildman–Crippen MR) is 63.4 cm³/mol. The van der Waals surface area contributed by atoms with Gasteiger partial charge in [0.15, 0.2) is 0 Å². The number of hydrogen-bond donors (Lipinski definition) is 2. The van der Waals surface area contributed by atoms with Crippen LogP contribution in [0.3, 0.4) is 0 Å². The van der Waals surface area contributed by atoms with Crippen LogP contribution >= 0.6 is 0 Å². The molecule has 2 N–H and O–H groups in total. The number of carbonyl (C=O) groups excluding carboxylic acids is 1. The van der Waals surface area contributed by atoms with Crippen LogP contribution in [0.1, 0.15) is 45.4 Å². The van der Waals surface area contributed by atoms with Crippen LogP contribution in [-0.2, 0) is 9.59 Å². The molecule has 4 nitrogen and oxygen atoms in total. The molecule has 0 bridgehead atoms. The Morgan fingerprint density at radius 3 is 2.47 bits per heavy atom. The van der Waals surface area contributed by atoms with E-state index >= 15 is 0 Å². The lowest BCUT2D eigenvalue weighted by atomic mass is 9.66.